The minimum Gasteiger partial charge on any atom is -0.497 e. The third kappa shape index (κ3) is 7.19. The third-order valence-corrected chi connectivity index (χ3v) is 7.45. The number of alkyl halides is 3. The number of piperazine rings is 1. The molecule has 1 aliphatic heterocycles. The lowest BCUT2D eigenvalue weighted by Gasteiger charge is -2.38. The molecule has 0 aromatic heterocycles. The van der Waals surface area contributed by atoms with Gasteiger partial charge in [-0.1, -0.05) is 12.2 Å². The predicted octanol–water partition coefficient (Wildman–Crippen LogP) is 5.19. The van der Waals surface area contributed by atoms with Gasteiger partial charge in [-0.25, -0.2) is 0 Å². The number of nitrogens with one attached hydrogen (secondary N) is 1. The Morgan fingerprint density at radius 2 is 1.68 bits per heavy atom. The van der Waals surface area contributed by atoms with Gasteiger partial charge in [0.25, 0.3) is 0 Å². The second kappa shape index (κ2) is 12.4. The number of benzene rings is 2. The van der Waals surface area contributed by atoms with E-state index in [0.717, 1.165) is 80.4 Å². The number of nitrogens with zero attached hydrogens (tertiary/aromatic N) is 3. The van der Waals surface area contributed by atoms with Crippen molar-refractivity contribution in [3.63, 3.8) is 0 Å². The summed E-state index contributed by atoms with van der Waals surface area (Å²) in [6, 6.07) is 11.4. The summed E-state index contributed by atoms with van der Waals surface area (Å²) in [5.74, 6) is 0.835. The second-order valence-corrected chi connectivity index (χ2v) is 9.99. The first kappa shape index (κ1) is 28.2. The zero-order chi connectivity index (χ0) is 27.3. The number of halogens is 3. The molecule has 0 radical (unpaired) electrons. The summed E-state index contributed by atoms with van der Waals surface area (Å²) in [6.45, 7) is 3.78. The topological polar surface area (TPSA) is 80.7 Å². The Morgan fingerprint density at radius 3 is 2.26 bits per heavy atom. The van der Waals surface area contributed by atoms with Gasteiger partial charge in [-0.2, -0.15) is 13.2 Å². The fourth-order valence-corrected chi connectivity index (χ4v) is 5.17. The molecule has 0 amide bonds. The lowest BCUT2D eigenvalue weighted by Crippen LogP contribution is -2.49. The molecular weight excluding hydrogens is 521 g/mol. The van der Waals surface area contributed by atoms with E-state index in [1.807, 2.05) is 12.1 Å². The van der Waals surface area contributed by atoms with Gasteiger partial charge in [-0.3, -0.25) is 10.4 Å². The summed E-state index contributed by atoms with van der Waals surface area (Å²) in [7, 11) is 1.65. The molecular formula is C26H33F3N4O4S. The van der Waals surface area contributed by atoms with Gasteiger partial charge < -0.3 is 24.6 Å². The Balaban J connectivity index is 1.19. The first-order valence-corrected chi connectivity index (χ1v) is 13.0. The van der Waals surface area contributed by atoms with Crippen LogP contribution in [-0.2, 0) is 10.9 Å². The molecule has 2 fully saturated rings. The number of anilines is 3. The van der Waals surface area contributed by atoms with Crippen LogP contribution in [0.3, 0.4) is 0 Å². The Morgan fingerprint density at radius 1 is 1.03 bits per heavy atom. The van der Waals surface area contributed by atoms with E-state index < -0.39 is 22.7 Å². The fourth-order valence-electron chi connectivity index (χ4n) is 4.92. The van der Waals surface area contributed by atoms with Crippen LogP contribution in [0.1, 0.15) is 31.2 Å². The molecule has 0 spiro atoms. The maximum Gasteiger partial charge on any atom is 0.418 e. The van der Waals surface area contributed by atoms with Gasteiger partial charge in [-0.05, 0) is 68.1 Å². The molecule has 1 heterocycles. The van der Waals surface area contributed by atoms with Gasteiger partial charge in [-0.15, -0.1) is 5.23 Å². The highest BCUT2D eigenvalue weighted by Gasteiger charge is 2.35. The first-order valence-electron chi connectivity index (χ1n) is 12.6. The van der Waals surface area contributed by atoms with Gasteiger partial charge in [0.05, 0.1) is 25.4 Å². The average Bonchev–Trinajstić information content (AvgIpc) is 2.92. The van der Waals surface area contributed by atoms with Crippen molar-refractivity contribution in [1.29, 1.82) is 0 Å². The van der Waals surface area contributed by atoms with Crippen molar-refractivity contribution in [3.05, 3.63) is 48.0 Å². The quantitative estimate of drug-likeness (QED) is 0.302. The van der Waals surface area contributed by atoms with Crippen molar-refractivity contribution < 1.29 is 33.1 Å². The van der Waals surface area contributed by atoms with Crippen molar-refractivity contribution in [2.45, 2.75) is 44.0 Å². The second-order valence-electron chi connectivity index (χ2n) is 9.51. The van der Waals surface area contributed by atoms with Gasteiger partial charge in [0.1, 0.15) is 16.4 Å². The summed E-state index contributed by atoms with van der Waals surface area (Å²) in [5.41, 5.74) is -0.407. The molecule has 1 saturated carbocycles. The molecule has 38 heavy (non-hydrogen) atoms. The van der Waals surface area contributed by atoms with Crippen LogP contribution in [0, 0.1) is 0 Å². The first-order chi connectivity index (χ1) is 18.1. The molecule has 0 bridgehead atoms. The molecule has 0 atom stereocenters. The maximum absolute atomic E-state index is 13.3. The van der Waals surface area contributed by atoms with Crippen molar-refractivity contribution in [3.8, 4) is 5.75 Å². The molecule has 12 heteroatoms. The number of hydrogen-bond acceptors (Lipinski definition) is 8. The van der Waals surface area contributed by atoms with E-state index in [2.05, 4.69) is 27.2 Å². The van der Waals surface area contributed by atoms with Crippen LogP contribution >= 0.6 is 12.2 Å². The van der Waals surface area contributed by atoms with Crippen LogP contribution < -0.4 is 20.2 Å². The summed E-state index contributed by atoms with van der Waals surface area (Å²) in [4.78, 5) is 5.30. The van der Waals surface area contributed by atoms with Crippen LogP contribution in [0.2, 0.25) is 0 Å². The SMILES string of the molecule is COc1ccc(N2CCN(C(=S)COC3CCC(Nc4ccc(N(O)O)c(C(F)(F)F)c4)CC3)CC2)cc1. The lowest BCUT2D eigenvalue weighted by molar-refractivity contribution is -0.138. The highest BCUT2D eigenvalue weighted by molar-refractivity contribution is 7.80. The predicted molar refractivity (Wildman–Crippen MR) is 142 cm³/mol. The van der Waals surface area contributed by atoms with Crippen molar-refractivity contribution in [1.82, 2.24) is 4.90 Å². The minimum atomic E-state index is -4.72. The van der Waals surface area contributed by atoms with Gasteiger partial charge in [0.2, 0.25) is 0 Å². The number of ether oxygens (including phenoxy) is 2. The Kier molecular flexibility index (Phi) is 9.19. The van der Waals surface area contributed by atoms with Crippen molar-refractivity contribution >= 4 is 34.3 Å². The molecule has 208 valence electrons. The van der Waals surface area contributed by atoms with E-state index in [4.69, 9.17) is 32.1 Å². The van der Waals surface area contributed by atoms with Crippen LogP contribution in [0.4, 0.5) is 30.2 Å². The van der Waals surface area contributed by atoms with E-state index in [9.17, 15) is 13.2 Å². The molecule has 0 unspecified atom stereocenters. The van der Waals surface area contributed by atoms with Crippen LogP contribution in [0.5, 0.6) is 5.75 Å². The molecule has 1 saturated heterocycles. The summed E-state index contributed by atoms with van der Waals surface area (Å²) >= 11 is 5.63. The molecule has 4 rings (SSSR count). The summed E-state index contributed by atoms with van der Waals surface area (Å²) in [5, 5.41) is 20.8. The largest absolute Gasteiger partial charge is 0.497 e. The standard InChI is InChI=1S/C26H33F3N4O4S/c1-36-21-9-5-20(6-10-21)31-12-14-32(15-13-31)25(38)17-37-22-7-2-18(3-8-22)30-19-4-11-24(33(34)35)23(16-19)26(27,28)29/h4-6,9-11,16,18,22,30,34-35H,2-3,7-8,12-15,17H2,1H3. The average molecular weight is 555 g/mol. The molecule has 8 nitrogen and oxygen atoms in total. The van der Waals surface area contributed by atoms with E-state index >= 15 is 0 Å². The van der Waals surface area contributed by atoms with Crippen LogP contribution in [-0.4, -0.2) is 72.3 Å². The van der Waals surface area contributed by atoms with Crippen LogP contribution in [0.25, 0.3) is 0 Å². The van der Waals surface area contributed by atoms with Crippen LogP contribution in [0.15, 0.2) is 42.5 Å². The lowest BCUT2D eigenvalue weighted by atomic mass is 9.92. The summed E-state index contributed by atoms with van der Waals surface area (Å²) in [6.07, 6.45) is -1.63. The number of thiocarbonyl (C=S) groups is 1. The normalized spacial score (nSPS) is 20.3. The fraction of sp³-hybridized carbons (Fsp3) is 0.500. The van der Waals surface area contributed by atoms with E-state index in [1.54, 1.807) is 7.11 Å². The summed E-state index contributed by atoms with van der Waals surface area (Å²) < 4.78 is 51.3. The Hall–Kier alpha value is -2.80. The number of methoxy groups -OCH3 is 1. The van der Waals surface area contributed by atoms with Gasteiger partial charge in [0.15, 0.2) is 0 Å². The highest BCUT2D eigenvalue weighted by atomic mass is 32.1. The monoisotopic (exact) mass is 554 g/mol. The van der Waals surface area contributed by atoms with Crippen molar-refractivity contribution in [2.75, 3.05) is 55.3 Å². The van der Waals surface area contributed by atoms with Gasteiger partial charge >= 0.3 is 6.18 Å². The highest BCUT2D eigenvalue weighted by Crippen LogP contribution is 2.38. The zero-order valence-corrected chi connectivity index (χ0v) is 22.0. The molecule has 1 aliphatic carbocycles. The Bertz CT molecular complexity index is 1070. The number of hydrogen-bond donors (Lipinski definition) is 3. The molecule has 2 aromatic rings. The molecule has 2 aliphatic rings. The van der Waals surface area contributed by atoms with Crippen molar-refractivity contribution in [2.24, 2.45) is 0 Å². The Labute approximate surface area is 225 Å². The third-order valence-electron chi connectivity index (χ3n) is 7.07. The van der Waals surface area contributed by atoms with E-state index in [0.29, 0.717) is 6.61 Å². The van der Waals surface area contributed by atoms with Gasteiger partial charge in [0, 0.05) is 43.6 Å². The van der Waals surface area contributed by atoms with E-state index in [1.165, 1.54) is 6.07 Å². The molecule has 3 N–H and O–H groups in total. The zero-order valence-electron chi connectivity index (χ0n) is 21.2. The smallest absolute Gasteiger partial charge is 0.418 e. The van der Waals surface area contributed by atoms with E-state index in [-0.39, 0.29) is 17.8 Å². The molecule has 2 aromatic carbocycles. The minimum absolute atomic E-state index is 0.000812. The maximum atomic E-state index is 13.3. The number of rotatable bonds is 8.